The molecule has 31 heavy (non-hydrogen) atoms. The molecule has 4 rings (SSSR count). The quantitative estimate of drug-likeness (QED) is 0.725. The summed E-state index contributed by atoms with van der Waals surface area (Å²) in [5.74, 6) is 0.0253. The Morgan fingerprint density at radius 1 is 1.03 bits per heavy atom. The van der Waals surface area contributed by atoms with Crippen LogP contribution in [-0.2, 0) is 21.4 Å². The number of carbonyl (C=O) groups is 1. The summed E-state index contributed by atoms with van der Waals surface area (Å²) < 4.78 is 29.3. The van der Waals surface area contributed by atoms with E-state index in [1.54, 1.807) is 15.7 Å². The van der Waals surface area contributed by atoms with Gasteiger partial charge >= 0.3 is 0 Å². The Morgan fingerprint density at radius 2 is 1.74 bits per heavy atom. The summed E-state index contributed by atoms with van der Waals surface area (Å²) in [6.45, 7) is 2.39. The Kier molecular flexibility index (Phi) is 7.31. The van der Waals surface area contributed by atoms with Gasteiger partial charge in [0.15, 0.2) is 0 Å². The molecule has 0 aromatic heterocycles. The fourth-order valence-corrected chi connectivity index (χ4v) is 6.86. The highest BCUT2D eigenvalue weighted by molar-refractivity contribution is 7.86. The molecule has 2 aliphatic carbocycles. The van der Waals surface area contributed by atoms with E-state index in [1.165, 1.54) is 17.5 Å². The summed E-state index contributed by atoms with van der Waals surface area (Å²) in [4.78, 5) is 14.8. The summed E-state index contributed by atoms with van der Waals surface area (Å²) in [7, 11) is -1.70. The van der Waals surface area contributed by atoms with Crippen LogP contribution in [0.25, 0.3) is 0 Å². The maximum atomic E-state index is 13.0. The summed E-state index contributed by atoms with van der Waals surface area (Å²) in [5.41, 5.74) is 2.57. The number of amides is 1. The summed E-state index contributed by atoms with van der Waals surface area (Å²) in [6, 6.07) is 8.57. The van der Waals surface area contributed by atoms with E-state index < -0.39 is 10.2 Å². The Labute approximate surface area is 187 Å². The van der Waals surface area contributed by atoms with Gasteiger partial charge in [-0.3, -0.25) is 9.69 Å². The minimum Gasteiger partial charge on any atom is -0.348 e. The van der Waals surface area contributed by atoms with Gasteiger partial charge in [-0.25, -0.2) is 0 Å². The van der Waals surface area contributed by atoms with E-state index >= 15 is 0 Å². The van der Waals surface area contributed by atoms with Gasteiger partial charge in [-0.1, -0.05) is 43.5 Å². The predicted molar refractivity (Wildman–Crippen MR) is 122 cm³/mol. The maximum absolute atomic E-state index is 13.0. The van der Waals surface area contributed by atoms with Crippen LogP contribution < -0.4 is 5.32 Å². The smallest absolute Gasteiger partial charge is 0.282 e. The molecule has 2 fully saturated rings. The molecule has 1 aromatic rings. The SMILES string of the molecule is CN(C1CCCCC1)S(=O)(=O)N1CCN(CC(=O)NC2CCCc3ccccc32)CC1. The van der Waals surface area contributed by atoms with E-state index in [-0.39, 0.29) is 18.0 Å². The Morgan fingerprint density at radius 3 is 2.48 bits per heavy atom. The lowest BCUT2D eigenvalue weighted by Gasteiger charge is -2.38. The van der Waals surface area contributed by atoms with Gasteiger partial charge in [0.25, 0.3) is 10.2 Å². The molecule has 7 nitrogen and oxygen atoms in total. The first kappa shape index (κ1) is 22.7. The van der Waals surface area contributed by atoms with Gasteiger partial charge in [0.1, 0.15) is 0 Å². The molecule has 1 amide bonds. The number of piperazine rings is 1. The van der Waals surface area contributed by atoms with Crippen LogP contribution in [0.4, 0.5) is 0 Å². The molecule has 1 saturated carbocycles. The number of nitrogens with zero attached hydrogens (tertiary/aromatic N) is 3. The average molecular weight is 449 g/mol. The molecule has 1 heterocycles. The highest BCUT2D eigenvalue weighted by Gasteiger charge is 2.35. The Hall–Kier alpha value is -1.48. The van der Waals surface area contributed by atoms with Crippen LogP contribution in [-0.4, -0.2) is 73.6 Å². The maximum Gasteiger partial charge on any atom is 0.282 e. The van der Waals surface area contributed by atoms with Gasteiger partial charge < -0.3 is 5.32 Å². The normalized spacial score (nSPS) is 24.1. The lowest BCUT2D eigenvalue weighted by Crippen LogP contribution is -2.55. The lowest BCUT2D eigenvalue weighted by atomic mass is 9.88. The summed E-state index contributed by atoms with van der Waals surface area (Å²) >= 11 is 0. The number of hydrogen-bond donors (Lipinski definition) is 1. The van der Waals surface area contributed by atoms with Crippen LogP contribution in [0.3, 0.4) is 0 Å². The third kappa shape index (κ3) is 5.30. The van der Waals surface area contributed by atoms with Crippen molar-refractivity contribution in [2.45, 2.75) is 63.5 Å². The van der Waals surface area contributed by atoms with Crippen molar-refractivity contribution in [2.75, 3.05) is 39.8 Å². The molecule has 0 spiro atoms. The van der Waals surface area contributed by atoms with E-state index in [4.69, 9.17) is 0 Å². The van der Waals surface area contributed by atoms with E-state index in [9.17, 15) is 13.2 Å². The molecule has 1 aromatic carbocycles. The van der Waals surface area contributed by atoms with E-state index in [0.29, 0.717) is 32.7 Å². The second kappa shape index (κ2) is 9.98. The van der Waals surface area contributed by atoms with Crippen molar-refractivity contribution in [1.82, 2.24) is 18.8 Å². The minimum atomic E-state index is -3.43. The minimum absolute atomic E-state index is 0.0253. The average Bonchev–Trinajstić information content (AvgIpc) is 2.80. The molecular weight excluding hydrogens is 412 g/mol. The van der Waals surface area contributed by atoms with Gasteiger partial charge in [0, 0.05) is 39.3 Å². The second-order valence-electron chi connectivity index (χ2n) is 9.20. The molecular formula is C23H36N4O3S. The van der Waals surface area contributed by atoms with Gasteiger partial charge in [-0.2, -0.15) is 17.0 Å². The van der Waals surface area contributed by atoms with Crippen LogP contribution in [0, 0.1) is 0 Å². The zero-order valence-corrected chi connectivity index (χ0v) is 19.4. The number of hydrogen-bond acceptors (Lipinski definition) is 4. The molecule has 3 aliphatic rings. The third-order valence-corrected chi connectivity index (χ3v) is 9.23. The van der Waals surface area contributed by atoms with Crippen LogP contribution >= 0.6 is 0 Å². The first-order valence-corrected chi connectivity index (χ1v) is 13.2. The molecule has 172 valence electrons. The predicted octanol–water partition coefficient (Wildman–Crippen LogP) is 2.31. The summed E-state index contributed by atoms with van der Waals surface area (Å²) in [5, 5.41) is 3.20. The zero-order valence-electron chi connectivity index (χ0n) is 18.6. The first-order chi connectivity index (χ1) is 14.9. The monoisotopic (exact) mass is 448 g/mol. The topological polar surface area (TPSA) is 73.0 Å². The van der Waals surface area contributed by atoms with Gasteiger partial charge in [0.05, 0.1) is 12.6 Å². The van der Waals surface area contributed by atoms with Gasteiger partial charge in [0.2, 0.25) is 5.91 Å². The number of benzene rings is 1. The van der Waals surface area contributed by atoms with E-state index in [2.05, 4.69) is 28.4 Å². The fraction of sp³-hybridized carbons (Fsp3) is 0.696. The van der Waals surface area contributed by atoms with Crippen molar-refractivity contribution in [3.63, 3.8) is 0 Å². The highest BCUT2D eigenvalue weighted by atomic mass is 32.2. The van der Waals surface area contributed by atoms with Gasteiger partial charge in [-0.05, 0) is 43.2 Å². The fourth-order valence-electron chi connectivity index (χ4n) is 5.28. The standard InChI is InChI=1S/C23H36N4O3S/c1-25(20-10-3-2-4-11-20)31(29,30)27-16-14-26(15-17-27)18-23(28)24-22-13-7-9-19-8-5-6-12-21(19)22/h5-6,8,12,20,22H,2-4,7,9-11,13-18H2,1H3,(H,24,28). The first-order valence-electron chi connectivity index (χ1n) is 11.8. The summed E-state index contributed by atoms with van der Waals surface area (Å²) in [6.07, 6.45) is 8.49. The lowest BCUT2D eigenvalue weighted by molar-refractivity contribution is -0.123. The van der Waals surface area contributed by atoms with Crippen LogP contribution in [0.5, 0.6) is 0 Å². The number of carbonyl (C=O) groups excluding carboxylic acids is 1. The molecule has 1 unspecified atom stereocenters. The third-order valence-electron chi connectivity index (χ3n) is 7.18. The number of aryl methyl sites for hydroxylation is 1. The molecule has 1 N–H and O–H groups in total. The highest BCUT2D eigenvalue weighted by Crippen LogP contribution is 2.29. The van der Waals surface area contributed by atoms with Crippen molar-refractivity contribution in [1.29, 1.82) is 0 Å². The van der Waals surface area contributed by atoms with Crippen molar-refractivity contribution in [2.24, 2.45) is 0 Å². The van der Waals surface area contributed by atoms with Crippen molar-refractivity contribution >= 4 is 16.1 Å². The number of fused-ring (bicyclic) bond motifs is 1. The number of rotatable bonds is 6. The van der Waals surface area contributed by atoms with Gasteiger partial charge in [-0.15, -0.1) is 0 Å². The molecule has 1 atom stereocenters. The molecule has 1 saturated heterocycles. The largest absolute Gasteiger partial charge is 0.348 e. The van der Waals surface area contributed by atoms with E-state index in [0.717, 1.165) is 44.9 Å². The molecule has 8 heteroatoms. The van der Waals surface area contributed by atoms with Crippen molar-refractivity contribution in [3.8, 4) is 0 Å². The van der Waals surface area contributed by atoms with Crippen LogP contribution in [0.2, 0.25) is 0 Å². The number of nitrogens with one attached hydrogen (secondary N) is 1. The van der Waals surface area contributed by atoms with Crippen molar-refractivity contribution < 1.29 is 13.2 Å². The molecule has 0 radical (unpaired) electrons. The van der Waals surface area contributed by atoms with E-state index in [1.807, 2.05) is 6.07 Å². The zero-order chi connectivity index (χ0) is 21.8. The van der Waals surface area contributed by atoms with Crippen molar-refractivity contribution in [3.05, 3.63) is 35.4 Å². The molecule has 1 aliphatic heterocycles. The Balaban J connectivity index is 1.27. The Bertz CT molecular complexity index is 861. The van der Waals surface area contributed by atoms with Crippen LogP contribution in [0.15, 0.2) is 24.3 Å². The molecule has 0 bridgehead atoms. The van der Waals surface area contributed by atoms with Crippen LogP contribution in [0.1, 0.15) is 62.1 Å². The second-order valence-corrected chi connectivity index (χ2v) is 11.2.